The normalized spacial score (nSPS) is 12.5. The van der Waals surface area contributed by atoms with E-state index in [4.69, 9.17) is 21.0 Å². The lowest BCUT2D eigenvalue weighted by Gasteiger charge is -2.08. The lowest BCUT2D eigenvalue weighted by Crippen LogP contribution is -2.18. The van der Waals surface area contributed by atoms with E-state index in [9.17, 15) is 0 Å². The van der Waals surface area contributed by atoms with Crippen LogP contribution in [-0.4, -0.2) is 9.97 Å². The van der Waals surface area contributed by atoms with Crippen LogP contribution in [0.25, 0.3) is 11.3 Å². The van der Waals surface area contributed by atoms with E-state index < -0.39 is 0 Å². The van der Waals surface area contributed by atoms with Gasteiger partial charge in [-0.2, -0.15) is 0 Å². The topological polar surface area (TPSA) is 51.0 Å². The van der Waals surface area contributed by atoms with Gasteiger partial charge >= 0.3 is 0 Å². The second kappa shape index (κ2) is 6.83. The summed E-state index contributed by atoms with van der Waals surface area (Å²) in [5, 5.41) is 5.19. The second-order valence-corrected chi connectivity index (χ2v) is 7.10. The fourth-order valence-corrected chi connectivity index (χ4v) is 3.39. The summed E-state index contributed by atoms with van der Waals surface area (Å²) in [7, 11) is 0. The number of aryl methyl sites for hydroxylation is 2. The summed E-state index contributed by atoms with van der Waals surface area (Å²) in [6, 6.07) is 7.92. The molecular weight excluding hydrogens is 330 g/mol. The van der Waals surface area contributed by atoms with Crippen molar-refractivity contribution in [2.45, 2.75) is 33.4 Å². The Labute approximate surface area is 144 Å². The predicted molar refractivity (Wildman–Crippen MR) is 93.8 cm³/mol. The number of nitrogens with zero attached hydrogens (tertiary/aromatic N) is 2. The van der Waals surface area contributed by atoms with Crippen molar-refractivity contribution in [3.8, 4) is 11.3 Å². The number of thiazole rings is 1. The molecule has 6 heteroatoms. The van der Waals surface area contributed by atoms with E-state index in [0.29, 0.717) is 12.4 Å². The van der Waals surface area contributed by atoms with Crippen LogP contribution in [-0.2, 0) is 6.54 Å². The van der Waals surface area contributed by atoms with E-state index in [0.717, 1.165) is 27.0 Å². The smallest absolute Gasteiger partial charge is 0.208 e. The molecule has 0 fully saturated rings. The van der Waals surface area contributed by atoms with E-state index in [1.165, 1.54) is 4.88 Å². The Morgan fingerprint density at radius 1 is 1.26 bits per heavy atom. The van der Waals surface area contributed by atoms with Gasteiger partial charge in [-0.1, -0.05) is 23.7 Å². The molecule has 1 N–H and O–H groups in total. The van der Waals surface area contributed by atoms with Gasteiger partial charge in [-0.15, -0.1) is 11.3 Å². The SMILES string of the molecule is Cc1cnc(CN[C@@H](C)c2nc(-c3ccc(Cl)cc3)c(C)s2)o1. The number of oxazole rings is 1. The minimum atomic E-state index is 0.131. The fraction of sp³-hybridized carbons (Fsp3) is 0.294. The van der Waals surface area contributed by atoms with Gasteiger partial charge in [-0.05, 0) is 32.9 Å². The monoisotopic (exact) mass is 347 g/mol. The molecule has 0 spiro atoms. The zero-order chi connectivity index (χ0) is 16.4. The third-order valence-corrected chi connectivity index (χ3v) is 4.94. The van der Waals surface area contributed by atoms with Crippen LogP contribution in [0.5, 0.6) is 0 Å². The molecule has 3 aromatic rings. The first-order valence-corrected chi connectivity index (χ1v) is 8.60. The number of aromatic nitrogens is 2. The number of nitrogens with one attached hydrogen (secondary N) is 1. The summed E-state index contributed by atoms with van der Waals surface area (Å²) in [6.45, 7) is 6.67. The van der Waals surface area contributed by atoms with E-state index >= 15 is 0 Å². The van der Waals surface area contributed by atoms with Crippen molar-refractivity contribution in [2.24, 2.45) is 0 Å². The van der Waals surface area contributed by atoms with Crippen LogP contribution in [0.3, 0.4) is 0 Å². The molecule has 3 rings (SSSR count). The Balaban J connectivity index is 1.73. The van der Waals surface area contributed by atoms with Crippen molar-refractivity contribution in [3.05, 3.63) is 57.0 Å². The number of benzene rings is 1. The van der Waals surface area contributed by atoms with Gasteiger partial charge in [0.15, 0.2) is 0 Å². The van der Waals surface area contributed by atoms with Crippen molar-refractivity contribution in [3.63, 3.8) is 0 Å². The highest BCUT2D eigenvalue weighted by molar-refractivity contribution is 7.12. The van der Waals surface area contributed by atoms with Crippen LogP contribution in [0, 0.1) is 13.8 Å². The van der Waals surface area contributed by atoms with Gasteiger partial charge in [-0.3, -0.25) is 5.32 Å². The Morgan fingerprint density at radius 2 is 2.00 bits per heavy atom. The molecule has 23 heavy (non-hydrogen) atoms. The average molecular weight is 348 g/mol. The maximum atomic E-state index is 5.95. The Hall–Kier alpha value is -1.69. The Kier molecular flexibility index (Phi) is 4.80. The zero-order valence-corrected chi connectivity index (χ0v) is 14.8. The first-order valence-electron chi connectivity index (χ1n) is 7.41. The molecule has 0 aliphatic carbocycles. The molecule has 2 aromatic heterocycles. The molecule has 0 aliphatic heterocycles. The maximum Gasteiger partial charge on any atom is 0.208 e. The van der Waals surface area contributed by atoms with Crippen molar-refractivity contribution < 1.29 is 4.42 Å². The van der Waals surface area contributed by atoms with Crippen LogP contribution in [0.4, 0.5) is 0 Å². The van der Waals surface area contributed by atoms with Gasteiger partial charge in [-0.25, -0.2) is 9.97 Å². The number of halogens is 1. The molecule has 0 amide bonds. The highest BCUT2D eigenvalue weighted by atomic mass is 35.5. The standard InChI is InChI=1S/C17H18ClN3OS/c1-10-8-20-15(22-10)9-19-11(2)17-21-16(12(3)23-17)13-4-6-14(18)7-5-13/h4-8,11,19H,9H2,1-3H3/t11-/m0/s1. The van der Waals surface area contributed by atoms with E-state index in [1.807, 2.05) is 31.2 Å². The molecule has 0 radical (unpaired) electrons. The molecule has 0 saturated heterocycles. The largest absolute Gasteiger partial charge is 0.445 e. The molecule has 0 saturated carbocycles. The lowest BCUT2D eigenvalue weighted by atomic mass is 10.1. The van der Waals surface area contributed by atoms with Gasteiger partial charge in [0.2, 0.25) is 5.89 Å². The van der Waals surface area contributed by atoms with Gasteiger partial charge in [0.25, 0.3) is 0 Å². The molecule has 1 aromatic carbocycles. The van der Waals surface area contributed by atoms with E-state index in [2.05, 4.69) is 24.1 Å². The fourth-order valence-electron chi connectivity index (χ4n) is 2.29. The van der Waals surface area contributed by atoms with E-state index in [-0.39, 0.29) is 6.04 Å². The van der Waals surface area contributed by atoms with Crippen LogP contribution in [0.1, 0.15) is 34.5 Å². The molecular formula is C17H18ClN3OS. The van der Waals surface area contributed by atoms with Gasteiger partial charge < -0.3 is 4.42 Å². The third-order valence-electron chi connectivity index (χ3n) is 3.53. The highest BCUT2D eigenvalue weighted by Crippen LogP contribution is 2.31. The molecule has 0 aliphatic rings. The van der Waals surface area contributed by atoms with Gasteiger partial charge in [0, 0.05) is 15.5 Å². The Bertz CT molecular complexity index is 795. The Morgan fingerprint density at radius 3 is 2.65 bits per heavy atom. The first kappa shape index (κ1) is 16.2. The molecule has 1 atom stereocenters. The van der Waals surface area contributed by atoms with Crippen molar-refractivity contribution in [1.82, 2.24) is 15.3 Å². The molecule has 120 valence electrons. The number of hydrogen-bond donors (Lipinski definition) is 1. The molecule has 0 unspecified atom stereocenters. The predicted octanol–water partition coefficient (Wildman–Crippen LogP) is 4.92. The van der Waals surface area contributed by atoms with Gasteiger partial charge in [0.1, 0.15) is 10.8 Å². The van der Waals surface area contributed by atoms with E-state index in [1.54, 1.807) is 17.5 Å². The molecule has 2 heterocycles. The van der Waals surface area contributed by atoms with Gasteiger partial charge in [0.05, 0.1) is 24.5 Å². The maximum absolute atomic E-state index is 5.95. The third kappa shape index (κ3) is 3.80. The van der Waals surface area contributed by atoms with Crippen LogP contribution < -0.4 is 5.32 Å². The summed E-state index contributed by atoms with van der Waals surface area (Å²) in [6.07, 6.45) is 1.73. The minimum absolute atomic E-state index is 0.131. The quantitative estimate of drug-likeness (QED) is 0.711. The summed E-state index contributed by atoms with van der Waals surface area (Å²) in [5.41, 5.74) is 2.10. The van der Waals surface area contributed by atoms with Crippen molar-refractivity contribution in [1.29, 1.82) is 0 Å². The average Bonchev–Trinajstić information content (AvgIpc) is 3.12. The highest BCUT2D eigenvalue weighted by Gasteiger charge is 2.15. The summed E-state index contributed by atoms with van der Waals surface area (Å²) in [4.78, 5) is 10.2. The molecule has 4 nitrogen and oxygen atoms in total. The lowest BCUT2D eigenvalue weighted by molar-refractivity contribution is 0.432. The van der Waals surface area contributed by atoms with Crippen LogP contribution in [0.2, 0.25) is 5.02 Å². The summed E-state index contributed by atoms with van der Waals surface area (Å²) < 4.78 is 5.48. The first-order chi connectivity index (χ1) is 11.0. The number of hydrogen-bond acceptors (Lipinski definition) is 5. The van der Waals surface area contributed by atoms with Crippen LogP contribution >= 0.6 is 22.9 Å². The van der Waals surface area contributed by atoms with Crippen LogP contribution in [0.15, 0.2) is 34.9 Å². The second-order valence-electron chi connectivity index (χ2n) is 5.43. The number of rotatable bonds is 5. The van der Waals surface area contributed by atoms with Crippen molar-refractivity contribution in [2.75, 3.05) is 0 Å². The summed E-state index contributed by atoms with van der Waals surface area (Å²) >= 11 is 7.66. The zero-order valence-electron chi connectivity index (χ0n) is 13.3. The molecule has 0 bridgehead atoms. The minimum Gasteiger partial charge on any atom is -0.445 e. The summed E-state index contributed by atoms with van der Waals surface area (Å²) in [5.74, 6) is 1.52. The van der Waals surface area contributed by atoms with Crippen molar-refractivity contribution >= 4 is 22.9 Å².